The fourth-order valence-electron chi connectivity index (χ4n) is 2.60. The Labute approximate surface area is 146 Å². The van der Waals surface area contributed by atoms with Crippen molar-refractivity contribution in [2.24, 2.45) is 0 Å². The zero-order valence-corrected chi connectivity index (χ0v) is 14.7. The monoisotopic (exact) mass is 366 g/mol. The summed E-state index contributed by atoms with van der Waals surface area (Å²) >= 11 is 0. The Morgan fingerprint density at radius 3 is 2.48 bits per heavy atom. The molecular formula is C17H19FN2O4S. The summed E-state index contributed by atoms with van der Waals surface area (Å²) in [6.45, 7) is 0.342. The van der Waals surface area contributed by atoms with Gasteiger partial charge in [0.05, 0.1) is 4.90 Å². The zero-order chi connectivity index (χ0) is 18.0. The van der Waals surface area contributed by atoms with Crippen LogP contribution in [0.15, 0.2) is 47.4 Å². The molecule has 1 N–H and O–H groups in total. The maximum absolute atomic E-state index is 13.0. The van der Waals surface area contributed by atoms with E-state index in [-0.39, 0.29) is 24.3 Å². The molecular weight excluding hydrogens is 347 g/mol. The lowest BCUT2D eigenvalue weighted by molar-refractivity contribution is 0.174. The van der Waals surface area contributed by atoms with Crippen LogP contribution < -0.4 is 14.2 Å². The lowest BCUT2D eigenvalue weighted by Gasteiger charge is -2.25. The number of rotatable bonds is 6. The molecule has 1 heterocycles. The van der Waals surface area contributed by atoms with Gasteiger partial charge in [-0.25, -0.2) is 17.5 Å². The first-order chi connectivity index (χ1) is 11.9. The number of ether oxygens (including phenoxy) is 2. The quantitative estimate of drug-likeness (QED) is 0.848. The van der Waals surface area contributed by atoms with E-state index in [4.69, 9.17) is 9.47 Å². The van der Waals surface area contributed by atoms with Gasteiger partial charge in [0.1, 0.15) is 5.82 Å². The highest BCUT2D eigenvalue weighted by molar-refractivity contribution is 7.89. The van der Waals surface area contributed by atoms with Crippen molar-refractivity contribution < 1.29 is 22.3 Å². The molecule has 0 amide bonds. The first-order valence-electron chi connectivity index (χ1n) is 7.68. The smallest absolute Gasteiger partial charge is 0.240 e. The van der Waals surface area contributed by atoms with Gasteiger partial charge >= 0.3 is 0 Å². The van der Waals surface area contributed by atoms with Gasteiger partial charge in [-0.05, 0) is 56.1 Å². The van der Waals surface area contributed by atoms with Crippen LogP contribution in [0.25, 0.3) is 0 Å². The van der Waals surface area contributed by atoms with Crippen molar-refractivity contribution in [1.29, 1.82) is 0 Å². The first-order valence-corrected chi connectivity index (χ1v) is 9.16. The minimum Gasteiger partial charge on any atom is -0.454 e. The molecule has 0 saturated carbocycles. The van der Waals surface area contributed by atoms with E-state index in [0.717, 1.165) is 17.7 Å². The van der Waals surface area contributed by atoms with Crippen molar-refractivity contribution in [2.75, 3.05) is 27.4 Å². The van der Waals surface area contributed by atoms with Gasteiger partial charge < -0.3 is 14.4 Å². The molecule has 0 aliphatic carbocycles. The molecule has 0 fully saturated rings. The van der Waals surface area contributed by atoms with Crippen LogP contribution in [0.3, 0.4) is 0 Å². The maximum Gasteiger partial charge on any atom is 0.240 e. The van der Waals surface area contributed by atoms with Crippen LogP contribution in [0.5, 0.6) is 11.5 Å². The third-order valence-corrected chi connectivity index (χ3v) is 5.43. The molecule has 0 bridgehead atoms. The van der Waals surface area contributed by atoms with Gasteiger partial charge in [-0.3, -0.25) is 0 Å². The number of hydrogen-bond acceptors (Lipinski definition) is 5. The fourth-order valence-corrected chi connectivity index (χ4v) is 3.64. The maximum atomic E-state index is 13.0. The summed E-state index contributed by atoms with van der Waals surface area (Å²) in [4.78, 5) is 1.93. The van der Waals surface area contributed by atoms with Gasteiger partial charge in [-0.2, -0.15) is 0 Å². The number of likely N-dealkylation sites (N-methyl/N-ethyl adjacent to an activating group) is 1. The van der Waals surface area contributed by atoms with Crippen LogP contribution in [0, 0.1) is 5.82 Å². The summed E-state index contributed by atoms with van der Waals surface area (Å²) in [7, 11) is 0.000682. The Morgan fingerprint density at radius 1 is 1.12 bits per heavy atom. The second-order valence-electron chi connectivity index (χ2n) is 5.90. The molecule has 25 heavy (non-hydrogen) atoms. The van der Waals surface area contributed by atoms with E-state index in [2.05, 4.69) is 4.72 Å². The van der Waals surface area contributed by atoms with Crippen molar-refractivity contribution in [2.45, 2.75) is 10.9 Å². The average Bonchev–Trinajstić information content (AvgIpc) is 3.02. The molecule has 1 aliphatic rings. The van der Waals surface area contributed by atoms with Crippen LogP contribution in [-0.2, 0) is 10.0 Å². The third kappa shape index (κ3) is 3.92. The van der Waals surface area contributed by atoms with E-state index < -0.39 is 15.8 Å². The van der Waals surface area contributed by atoms with Gasteiger partial charge in [0.25, 0.3) is 0 Å². The van der Waals surface area contributed by atoms with E-state index in [0.29, 0.717) is 11.5 Å². The van der Waals surface area contributed by atoms with E-state index in [1.807, 2.05) is 37.2 Å². The van der Waals surface area contributed by atoms with Crippen LogP contribution in [0.1, 0.15) is 11.6 Å². The largest absolute Gasteiger partial charge is 0.454 e. The van der Waals surface area contributed by atoms with E-state index >= 15 is 0 Å². The summed E-state index contributed by atoms with van der Waals surface area (Å²) in [5, 5.41) is 0. The van der Waals surface area contributed by atoms with Gasteiger partial charge in [0.2, 0.25) is 16.8 Å². The Balaban J connectivity index is 1.77. The summed E-state index contributed by atoms with van der Waals surface area (Å²) < 4.78 is 51.0. The molecule has 3 rings (SSSR count). The topological polar surface area (TPSA) is 67.9 Å². The number of nitrogens with zero attached hydrogens (tertiary/aromatic N) is 1. The lowest BCUT2D eigenvalue weighted by atomic mass is 10.1. The molecule has 6 nitrogen and oxygen atoms in total. The second kappa shape index (κ2) is 6.99. The zero-order valence-electron chi connectivity index (χ0n) is 13.9. The molecule has 1 atom stereocenters. The highest BCUT2D eigenvalue weighted by atomic mass is 32.2. The molecule has 2 aromatic carbocycles. The summed E-state index contributed by atoms with van der Waals surface area (Å²) in [5.74, 6) is 0.837. The standard InChI is InChI=1S/C17H19FN2O4S/c1-20(2)15(12-3-8-16-17(9-12)24-11-23-16)10-19-25(21,22)14-6-4-13(18)5-7-14/h3-9,15,19H,10-11H2,1-2H3/t15-/m0/s1. The van der Waals surface area contributed by atoms with Crippen LogP contribution in [0.2, 0.25) is 0 Å². The van der Waals surface area contributed by atoms with Crippen molar-refractivity contribution in [3.63, 3.8) is 0 Å². The Hall–Kier alpha value is -2.16. The average molecular weight is 366 g/mol. The lowest BCUT2D eigenvalue weighted by Crippen LogP contribution is -2.34. The summed E-state index contributed by atoms with van der Waals surface area (Å²) in [6.07, 6.45) is 0. The number of benzene rings is 2. The number of halogens is 1. The molecule has 1 aliphatic heterocycles. The first kappa shape index (κ1) is 17.7. The summed E-state index contributed by atoms with van der Waals surface area (Å²) in [5.41, 5.74) is 0.899. The minimum absolute atomic E-state index is 0.0251. The molecule has 8 heteroatoms. The van der Waals surface area contributed by atoms with Crippen LogP contribution in [0.4, 0.5) is 4.39 Å². The van der Waals surface area contributed by atoms with E-state index in [9.17, 15) is 12.8 Å². The van der Waals surface area contributed by atoms with Gasteiger partial charge in [0, 0.05) is 12.6 Å². The highest BCUT2D eigenvalue weighted by Crippen LogP contribution is 2.35. The molecule has 0 spiro atoms. The Morgan fingerprint density at radius 2 is 1.80 bits per heavy atom. The van der Waals surface area contributed by atoms with Crippen molar-refractivity contribution in [1.82, 2.24) is 9.62 Å². The molecule has 0 aromatic heterocycles. The number of sulfonamides is 1. The fraction of sp³-hybridized carbons (Fsp3) is 0.294. The molecule has 0 saturated heterocycles. The molecule has 0 radical (unpaired) electrons. The second-order valence-corrected chi connectivity index (χ2v) is 7.66. The molecule has 134 valence electrons. The Kier molecular flexibility index (Phi) is 4.94. The predicted molar refractivity (Wildman–Crippen MR) is 90.6 cm³/mol. The molecule has 2 aromatic rings. The number of fused-ring (bicyclic) bond motifs is 1. The van der Waals surface area contributed by atoms with Crippen molar-refractivity contribution in [3.05, 3.63) is 53.8 Å². The van der Waals surface area contributed by atoms with Crippen molar-refractivity contribution in [3.8, 4) is 11.5 Å². The van der Waals surface area contributed by atoms with Crippen LogP contribution in [-0.4, -0.2) is 40.8 Å². The predicted octanol–water partition coefficient (Wildman–Crippen LogP) is 2.14. The van der Waals surface area contributed by atoms with E-state index in [1.54, 1.807) is 0 Å². The highest BCUT2D eigenvalue weighted by Gasteiger charge is 2.22. The molecule has 0 unspecified atom stereocenters. The van der Waals surface area contributed by atoms with E-state index in [1.165, 1.54) is 12.1 Å². The van der Waals surface area contributed by atoms with Crippen LogP contribution >= 0.6 is 0 Å². The number of hydrogen-bond donors (Lipinski definition) is 1. The van der Waals surface area contributed by atoms with Gasteiger partial charge in [0.15, 0.2) is 11.5 Å². The third-order valence-electron chi connectivity index (χ3n) is 4.00. The SMILES string of the molecule is CN(C)[C@@H](CNS(=O)(=O)c1ccc(F)cc1)c1ccc2c(c1)OCO2. The summed E-state index contributed by atoms with van der Waals surface area (Å²) in [6, 6.07) is 10.0. The number of nitrogens with one attached hydrogen (secondary N) is 1. The van der Waals surface area contributed by atoms with Gasteiger partial charge in [-0.15, -0.1) is 0 Å². The minimum atomic E-state index is -3.72. The van der Waals surface area contributed by atoms with Gasteiger partial charge in [-0.1, -0.05) is 6.07 Å². The van der Waals surface area contributed by atoms with Crippen molar-refractivity contribution >= 4 is 10.0 Å². The normalized spacial score (nSPS) is 14.7. The Bertz CT molecular complexity index is 853.